The largest absolute Gasteiger partial charge is 0.508 e. The van der Waals surface area contributed by atoms with Gasteiger partial charge >= 0.3 is 6.09 Å². The molecule has 0 saturated carbocycles. The second-order valence-electron chi connectivity index (χ2n) is 8.42. The van der Waals surface area contributed by atoms with Crippen LogP contribution in [0.5, 0.6) is 11.5 Å². The number of carbonyl (C=O) groups excluding carboxylic acids is 1. The molecule has 0 spiro atoms. The van der Waals surface area contributed by atoms with Crippen molar-refractivity contribution in [1.82, 2.24) is 5.32 Å². The number of aliphatic hydroxyl groups excluding tert-OH is 1. The van der Waals surface area contributed by atoms with Crippen LogP contribution in [-0.2, 0) is 11.2 Å². The third-order valence-electron chi connectivity index (χ3n) is 4.38. The number of hydrogen-bond acceptors (Lipinski definition) is 7. The molecule has 0 aromatic heterocycles. The van der Waals surface area contributed by atoms with Gasteiger partial charge in [0.05, 0.1) is 17.0 Å². The first-order chi connectivity index (χ1) is 14.4. The van der Waals surface area contributed by atoms with E-state index in [-0.39, 0.29) is 18.1 Å². The quantitative estimate of drug-likeness (QED) is 0.308. The molecule has 0 heterocycles. The van der Waals surface area contributed by atoms with E-state index in [4.69, 9.17) is 21.6 Å². The van der Waals surface area contributed by atoms with Crippen molar-refractivity contribution in [1.29, 1.82) is 0 Å². The Kier molecular flexibility index (Phi) is 8.48. The van der Waals surface area contributed by atoms with Gasteiger partial charge in [-0.2, -0.15) is 0 Å². The lowest BCUT2D eigenvalue weighted by molar-refractivity contribution is -0.140. The molecule has 2 aromatic carbocycles. The van der Waals surface area contributed by atoms with E-state index in [9.17, 15) is 15.0 Å². The Morgan fingerprint density at radius 1 is 1.16 bits per heavy atom. The van der Waals surface area contributed by atoms with Gasteiger partial charge in [0.1, 0.15) is 11.4 Å². The summed E-state index contributed by atoms with van der Waals surface area (Å²) in [5.41, 5.74) is -0.645. The maximum Gasteiger partial charge on any atom is 0.408 e. The average molecular weight is 470 g/mol. The van der Waals surface area contributed by atoms with Gasteiger partial charge in [0.25, 0.3) is 0 Å². The molecule has 4 N–H and O–H groups in total. The smallest absolute Gasteiger partial charge is 0.408 e. The van der Waals surface area contributed by atoms with E-state index in [0.717, 1.165) is 10.5 Å². The lowest BCUT2D eigenvalue weighted by Crippen LogP contribution is -2.50. The molecular formula is C22H28ClNO6S. The van der Waals surface area contributed by atoms with Crippen molar-refractivity contribution in [2.45, 2.75) is 61.5 Å². The fourth-order valence-electron chi connectivity index (χ4n) is 2.71. The second-order valence-corrected chi connectivity index (χ2v) is 9.95. The predicted molar refractivity (Wildman–Crippen MR) is 120 cm³/mol. The Morgan fingerprint density at radius 2 is 1.87 bits per heavy atom. The number of aryl methyl sites for hydroxylation is 1. The molecule has 7 nitrogen and oxygen atoms in total. The van der Waals surface area contributed by atoms with E-state index >= 15 is 0 Å². The SMILES string of the molecule is CC(C)(C)OC(=O)N[C@](C)(CO)CCc1ccc(Sc2cc(O)ccc2OO)cc1Cl. The molecule has 170 valence electrons. The zero-order valence-electron chi connectivity index (χ0n) is 17.9. The van der Waals surface area contributed by atoms with Crippen LogP contribution in [0.2, 0.25) is 5.02 Å². The van der Waals surface area contributed by atoms with Gasteiger partial charge in [-0.05, 0) is 76.4 Å². The molecule has 9 heteroatoms. The molecule has 0 aliphatic rings. The summed E-state index contributed by atoms with van der Waals surface area (Å²) in [6.07, 6.45) is 0.382. The summed E-state index contributed by atoms with van der Waals surface area (Å²) in [4.78, 5) is 17.7. The number of carbonyl (C=O) groups is 1. The van der Waals surface area contributed by atoms with Crippen molar-refractivity contribution < 1.29 is 29.9 Å². The highest BCUT2D eigenvalue weighted by molar-refractivity contribution is 7.99. The van der Waals surface area contributed by atoms with Crippen LogP contribution in [0.1, 0.15) is 39.7 Å². The third kappa shape index (κ3) is 7.81. The van der Waals surface area contributed by atoms with Crippen LogP contribution >= 0.6 is 23.4 Å². The summed E-state index contributed by atoms with van der Waals surface area (Å²) < 4.78 is 5.27. The number of rotatable bonds is 8. The van der Waals surface area contributed by atoms with Crippen molar-refractivity contribution in [3.8, 4) is 11.5 Å². The van der Waals surface area contributed by atoms with Crippen molar-refractivity contribution in [3.63, 3.8) is 0 Å². The van der Waals surface area contributed by atoms with Crippen molar-refractivity contribution in [3.05, 3.63) is 47.0 Å². The van der Waals surface area contributed by atoms with E-state index in [0.29, 0.717) is 22.8 Å². The van der Waals surface area contributed by atoms with Crippen LogP contribution in [0.15, 0.2) is 46.2 Å². The molecule has 1 amide bonds. The van der Waals surface area contributed by atoms with Gasteiger partial charge in [0.15, 0.2) is 5.75 Å². The Morgan fingerprint density at radius 3 is 2.45 bits per heavy atom. The normalized spacial score (nSPS) is 13.4. The summed E-state index contributed by atoms with van der Waals surface area (Å²) >= 11 is 7.72. The second kappa shape index (κ2) is 10.5. The molecule has 0 bridgehead atoms. The van der Waals surface area contributed by atoms with E-state index in [2.05, 4.69) is 10.2 Å². The van der Waals surface area contributed by atoms with Crippen LogP contribution in [0.25, 0.3) is 0 Å². The highest BCUT2D eigenvalue weighted by Gasteiger charge is 2.28. The number of aromatic hydroxyl groups is 1. The Balaban J connectivity index is 2.06. The van der Waals surface area contributed by atoms with Crippen LogP contribution in [-0.4, -0.2) is 39.3 Å². The van der Waals surface area contributed by atoms with E-state index in [1.165, 1.54) is 30.0 Å². The maximum atomic E-state index is 12.1. The highest BCUT2D eigenvalue weighted by Crippen LogP contribution is 2.38. The molecule has 0 fully saturated rings. The summed E-state index contributed by atoms with van der Waals surface area (Å²) in [5.74, 6) is 0.265. The minimum atomic E-state index is -0.867. The first-order valence-electron chi connectivity index (χ1n) is 9.67. The Bertz CT molecular complexity index is 917. The highest BCUT2D eigenvalue weighted by atomic mass is 35.5. The molecule has 0 saturated heterocycles. The third-order valence-corrected chi connectivity index (χ3v) is 5.76. The number of alkyl carbamates (subject to hydrolysis) is 1. The monoisotopic (exact) mass is 469 g/mol. The number of ether oxygens (including phenoxy) is 1. The van der Waals surface area contributed by atoms with Crippen LogP contribution < -0.4 is 10.2 Å². The number of nitrogens with one attached hydrogen (secondary N) is 1. The fourth-order valence-corrected chi connectivity index (χ4v) is 4.01. The Hall–Kier alpha value is -2.13. The van der Waals surface area contributed by atoms with Crippen LogP contribution in [0.4, 0.5) is 4.79 Å². The zero-order valence-corrected chi connectivity index (χ0v) is 19.5. The number of phenolic OH excluding ortho intramolecular Hbond substituents is 1. The number of amides is 1. The number of aliphatic hydroxyl groups is 1. The number of hydrogen-bond donors (Lipinski definition) is 4. The van der Waals surface area contributed by atoms with Crippen molar-refractivity contribution >= 4 is 29.5 Å². The molecule has 31 heavy (non-hydrogen) atoms. The summed E-state index contributed by atoms with van der Waals surface area (Å²) in [6, 6.07) is 9.83. The molecule has 0 radical (unpaired) electrons. The molecule has 0 aliphatic heterocycles. The minimum Gasteiger partial charge on any atom is -0.508 e. The molecule has 2 aromatic rings. The first kappa shape index (κ1) is 25.1. The Labute approximate surface area is 191 Å². The van der Waals surface area contributed by atoms with Gasteiger partial charge in [0.2, 0.25) is 0 Å². The molecule has 0 aliphatic carbocycles. The fraction of sp³-hybridized carbons (Fsp3) is 0.409. The lowest BCUT2D eigenvalue weighted by atomic mass is 9.94. The molecule has 0 unspecified atom stereocenters. The lowest BCUT2D eigenvalue weighted by Gasteiger charge is -2.30. The van der Waals surface area contributed by atoms with E-state index < -0.39 is 17.2 Å². The summed E-state index contributed by atoms with van der Waals surface area (Å²) in [7, 11) is 0. The maximum absolute atomic E-state index is 12.1. The predicted octanol–water partition coefficient (Wildman–Crippen LogP) is 5.26. The zero-order chi connectivity index (χ0) is 23.2. The van der Waals surface area contributed by atoms with Gasteiger partial charge in [-0.15, -0.1) is 0 Å². The minimum absolute atomic E-state index is 0.0480. The standard InChI is InChI=1S/C22H28ClNO6S/c1-21(2,3)29-20(27)24-22(4,13-25)10-9-14-5-7-16(12-17(14)23)31-19-11-15(26)6-8-18(19)30-28/h5-8,11-12,25-26,28H,9-10,13H2,1-4H3,(H,24,27)/t22-/m0/s1. The van der Waals surface area contributed by atoms with Crippen LogP contribution in [0.3, 0.4) is 0 Å². The van der Waals surface area contributed by atoms with Gasteiger partial charge < -0.3 is 25.2 Å². The summed E-state index contributed by atoms with van der Waals surface area (Å²) in [5, 5.41) is 31.7. The van der Waals surface area contributed by atoms with E-state index in [1.54, 1.807) is 33.8 Å². The van der Waals surface area contributed by atoms with Gasteiger partial charge in [0, 0.05) is 9.92 Å². The van der Waals surface area contributed by atoms with Gasteiger partial charge in [-0.3, -0.25) is 0 Å². The number of benzene rings is 2. The van der Waals surface area contributed by atoms with Gasteiger partial charge in [-0.1, -0.05) is 29.4 Å². The number of halogens is 1. The van der Waals surface area contributed by atoms with Gasteiger partial charge in [-0.25, -0.2) is 10.1 Å². The van der Waals surface area contributed by atoms with E-state index in [1.807, 2.05) is 12.1 Å². The summed E-state index contributed by atoms with van der Waals surface area (Å²) in [6.45, 7) is 6.81. The average Bonchev–Trinajstić information content (AvgIpc) is 2.66. The molecule has 2 rings (SSSR count). The van der Waals surface area contributed by atoms with Crippen molar-refractivity contribution in [2.24, 2.45) is 0 Å². The van der Waals surface area contributed by atoms with Crippen LogP contribution in [0, 0.1) is 0 Å². The van der Waals surface area contributed by atoms with Crippen molar-refractivity contribution in [2.75, 3.05) is 6.61 Å². The first-order valence-corrected chi connectivity index (χ1v) is 10.9. The number of phenols is 1. The molecular weight excluding hydrogens is 442 g/mol. The molecule has 1 atom stereocenters. The topological polar surface area (TPSA) is 108 Å².